The molecule has 0 fully saturated rings. The zero-order valence-corrected chi connectivity index (χ0v) is 7.65. The van der Waals surface area contributed by atoms with Crippen molar-refractivity contribution in [3.63, 3.8) is 0 Å². The van der Waals surface area contributed by atoms with E-state index in [2.05, 4.69) is 9.98 Å². The summed E-state index contributed by atoms with van der Waals surface area (Å²) in [6.45, 7) is 1.95. The second kappa shape index (κ2) is 4.87. The van der Waals surface area contributed by atoms with Crippen molar-refractivity contribution in [2.75, 3.05) is 0 Å². The van der Waals surface area contributed by atoms with Crippen LogP contribution in [0, 0.1) is 0 Å². The van der Waals surface area contributed by atoms with Crippen molar-refractivity contribution in [2.45, 2.75) is 13.3 Å². The van der Waals surface area contributed by atoms with Gasteiger partial charge in [0.25, 0.3) is 0 Å². The standard InChI is InChI=1S/C10H8N2O2/c1-2-8-3-4-9(11-6-13)5-10(8)12-7-14/h3-5H,2H2,1H3. The van der Waals surface area contributed by atoms with E-state index in [4.69, 9.17) is 0 Å². The van der Waals surface area contributed by atoms with Crippen LogP contribution in [0.25, 0.3) is 0 Å². The lowest BCUT2D eigenvalue weighted by atomic mass is 10.1. The van der Waals surface area contributed by atoms with Crippen molar-refractivity contribution in [3.8, 4) is 0 Å². The van der Waals surface area contributed by atoms with Crippen LogP contribution in [0.15, 0.2) is 28.2 Å². The number of rotatable bonds is 3. The molecule has 0 aliphatic heterocycles. The topological polar surface area (TPSA) is 58.9 Å². The molecule has 1 rings (SSSR count). The van der Waals surface area contributed by atoms with Crippen LogP contribution in [0.5, 0.6) is 0 Å². The lowest BCUT2D eigenvalue weighted by Gasteiger charge is -2.00. The third kappa shape index (κ3) is 2.23. The Morgan fingerprint density at radius 2 is 1.93 bits per heavy atom. The summed E-state index contributed by atoms with van der Waals surface area (Å²) in [5.74, 6) is 0. The predicted molar refractivity (Wildman–Crippen MR) is 51.4 cm³/mol. The fourth-order valence-corrected chi connectivity index (χ4v) is 1.13. The second-order valence-electron chi connectivity index (χ2n) is 2.57. The maximum Gasteiger partial charge on any atom is 0.240 e. The van der Waals surface area contributed by atoms with Crippen LogP contribution in [0.1, 0.15) is 12.5 Å². The molecule has 0 aromatic heterocycles. The molecule has 0 aliphatic rings. The van der Waals surface area contributed by atoms with E-state index in [1.807, 2.05) is 6.92 Å². The van der Waals surface area contributed by atoms with Gasteiger partial charge in [-0.15, -0.1) is 0 Å². The first-order valence-electron chi connectivity index (χ1n) is 4.10. The Bertz CT molecular complexity index is 428. The highest BCUT2D eigenvalue weighted by Gasteiger charge is 2.00. The van der Waals surface area contributed by atoms with Gasteiger partial charge in [0.1, 0.15) is 0 Å². The maximum atomic E-state index is 10.1. The quantitative estimate of drug-likeness (QED) is 0.539. The smallest absolute Gasteiger partial charge is 0.211 e. The van der Waals surface area contributed by atoms with Gasteiger partial charge in [-0.05, 0) is 24.1 Å². The average Bonchev–Trinajstić information content (AvgIpc) is 2.19. The number of hydrogen-bond donors (Lipinski definition) is 0. The van der Waals surface area contributed by atoms with Crippen LogP contribution in [-0.4, -0.2) is 12.2 Å². The van der Waals surface area contributed by atoms with Crippen molar-refractivity contribution in [3.05, 3.63) is 23.8 Å². The third-order valence-electron chi connectivity index (χ3n) is 1.79. The minimum atomic E-state index is 0.436. The number of nitrogens with zero attached hydrogens (tertiary/aromatic N) is 2. The van der Waals surface area contributed by atoms with Crippen LogP contribution in [0.4, 0.5) is 11.4 Å². The Labute approximate surface area is 81.0 Å². The van der Waals surface area contributed by atoms with Crippen LogP contribution in [0.3, 0.4) is 0 Å². The summed E-state index contributed by atoms with van der Waals surface area (Å²) in [5, 5.41) is 0. The Morgan fingerprint density at radius 3 is 2.50 bits per heavy atom. The Balaban J connectivity index is 3.26. The van der Waals surface area contributed by atoms with E-state index in [0.29, 0.717) is 11.4 Å². The maximum absolute atomic E-state index is 10.1. The summed E-state index contributed by atoms with van der Waals surface area (Å²) < 4.78 is 0. The summed E-state index contributed by atoms with van der Waals surface area (Å²) in [7, 11) is 0. The fraction of sp³-hybridized carbons (Fsp3) is 0.200. The molecule has 0 heterocycles. The zero-order valence-electron chi connectivity index (χ0n) is 7.65. The van der Waals surface area contributed by atoms with Gasteiger partial charge in [-0.25, -0.2) is 9.59 Å². The van der Waals surface area contributed by atoms with Crippen LogP contribution in [-0.2, 0) is 16.0 Å². The first-order chi connectivity index (χ1) is 6.81. The molecule has 70 valence electrons. The van der Waals surface area contributed by atoms with Crippen molar-refractivity contribution in [1.29, 1.82) is 0 Å². The van der Waals surface area contributed by atoms with E-state index in [1.165, 1.54) is 12.2 Å². The summed E-state index contributed by atoms with van der Waals surface area (Å²) in [6, 6.07) is 4.99. The van der Waals surface area contributed by atoms with E-state index in [9.17, 15) is 9.59 Å². The van der Waals surface area contributed by atoms with Gasteiger partial charge in [0.2, 0.25) is 12.2 Å². The van der Waals surface area contributed by atoms with Gasteiger partial charge in [-0.1, -0.05) is 13.0 Å². The Hall–Kier alpha value is -2.02. The summed E-state index contributed by atoms with van der Waals surface area (Å²) >= 11 is 0. The third-order valence-corrected chi connectivity index (χ3v) is 1.79. The molecule has 0 radical (unpaired) electrons. The zero-order chi connectivity index (χ0) is 10.4. The molecule has 0 saturated heterocycles. The van der Waals surface area contributed by atoms with Crippen LogP contribution in [0.2, 0.25) is 0 Å². The lowest BCUT2D eigenvalue weighted by molar-refractivity contribution is 0.565. The van der Waals surface area contributed by atoms with Gasteiger partial charge < -0.3 is 0 Å². The normalized spacial score (nSPS) is 8.64. The number of isocyanates is 2. The van der Waals surface area contributed by atoms with Crippen LogP contribution >= 0.6 is 0 Å². The van der Waals surface area contributed by atoms with E-state index in [1.54, 1.807) is 18.2 Å². The molecule has 0 N–H and O–H groups in total. The molecule has 0 spiro atoms. The average molecular weight is 188 g/mol. The van der Waals surface area contributed by atoms with Gasteiger partial charge in [-0.2, -0.15) is 9.98 Å². The van der Waals surface area contributed by atoms with E-state index in [0.717, 1.165) is 12.0 Å². The molecule has 0 saturated carbocycles. The van der Waals surface area contributed by atoms with Crippen molar-refractivity contribution < 1.29 is 9.59 Å². The predicted octanol–water partition coefficient (Wildman–Crippen LogP) is 2.18. The summed E-state index contributed by atoms with van der Waals surface area (Å²) in [5.41, 5.74) is 1.85. The summed E-state index contributed by atoms with van der Waals surface area (Å²) in [4.78, 5) is 27.1. The second-order valence-corrected chi connectivity index (χ2v) is 2.57. The van der Waals surface area contributed by atoms with Crippen molar-refractivity contribution in [1.82, 2.24) is 0 Å². The fourth-order valence-electron chi connectivity index (χ4n) is 1.13. The van der Waals surface area contributed by atoms with Gasteiger partial charge in [-0.3, -0.25) is 0 Å². The molecular formula is C10H8N2O2. The van der Waals surface area contributed by atoms with Crippen LogP contribution < -0.4 is 0 Å². The largest absolute Gasteiger partial charge is 0.240 e. The monoisotopic (exact) mass is 188 g/mol. The molecular weight excluding hydrogens is 180 g/mol. The Kier molecular flexibility index (Phi) is 3.50. The molecule has 0 atom stereocenters. The highest BCUT2D eigenvalue weighted by atomic mass is 16.1. The molecule has 1 aromatic rings. The number of carbonyl (C=O) groups excluding carboxylic acids is 2. The molecule has 0 unspecified atom stereocenters. The van der Waals surface area contributed by atoms with Crippen molar-refractivity contribution in [2.24, 2.45) is 9.98 Å². The van der Waals surface area contributed by atoms with Crippen molar-refractivity contribution >= 4 is 23.5 Å². The first kappa shape index (κ1) is 10.1. The highest BCUT2D eigenvalue weighted by Crippen LogP contribution is 2.25. The first-order valence-corrected chi connectivity index (χ1v) is 4.10. The van der Waals surface area contributed by atoms with E-state index < -0.39 is 0 Å². The van der Waals surface area contributed by atoms with Gasteiger partial charge in [0.15, 0.2) is 0 Å². The lowest BCUT2D eigenvalue weighted by Crippen LogP contribution is -1.80. The number of benzene rings is 1. The molecule has 4 nitrogen and oxygen atoms in total. The number of aryl methyl sites for hydroxylation is 1. The molecule has 0 aliphatic carbocycles. The minimum absolute atomic E-state index is 0.436. The number of aliphatic imine (C=N–C) groups is 2. The SMILES string of the molecule is CCc1ccc(N=C=O)cc1N=C=O. The Morgan fingerprint density at radius 1 is 1.21 bits per heavy atom. The molecule has 4 heteroatoms. The highest BCUT2D eigenvalue weighted by molar-refractivity contribution is 5.61. The van der Waals surface area contributed by atoms with Gasteiger partial charge in [0.05, 0.1) is 11.4 Å². The number of hydrogen-bond acceptors (Lipinski definition) is 4. The minimum Gasteiger partial charge on any atom is -0.211 e. The molecule has 0 bridgehead atoms. The van der Waals surface area contributed by atoms with E-state index in [-0.39, 0.29) is 0 Å². The molecule has 14 heavy (non-hydrogen) atoms. The van der Waals surface area contributed by atoms with Gasteiger partial charge in [0, 0.05) is 0 Å². The summed E-state index contributed by atoms with van der Waals surface area (Å²) in [6.07, 6.45) is 3.64. The molecule has 0 amide bonds. The van der Waals surface area contributed by atoms with Gasteiger partial charge >= 0.3 is 0 Å². The van der Waals surface area contributed by atoms with E-state index >= 15 is 0 Å². The molecule has 1 aromatic carbocycles.